The number of Topliss-reactive ketones (excluding diaryl/α,β-unsaturated/α-hetero) is 1. The van der Waals surface area contributed by atoms with Crippen molar-refractivity contribution in [3.8, 4) is 11.5 Å². The lowest BCUT2D eigenvalue weighted by Crippen LogP contribution is -2.45. The summed E-state index contributed by atoms with van der Waals surface area (Å²) in [6.45, 7) is 6.42. The Morgan fingerprint density at radius 2 is 1.86 bits per heavy atom. The second kappa shape index (κ2) is 7.69. The monoisotopic (exact) mass is 400 g/mol. The van der Waals surface area contributed by atoms with Crippen molar-refractivity contribution in [2.45, 2.75) is 52.5 Å². The SMILES string of the molecule is CC(=O)c1cc2c(cc1NC(=O)[C@@H]1CC(=O)N([C@@H]3CCC[C@@H](C)[C@@H]3C)C1)OCO2. The van der Waals surface area contributed by atoms with Gasteiger partial charge in [0.1, 0.15) is 0 Å². The van der Waals surface area contributed by atoms with Crippen LogP contribution in [-0.2, 0) is 9.59 Å². The van der Waals surface area contributed by atoms with Crippen LogP contribution >= 0.6 is 0 Å². The first-order valence-electron chi connectivity index (χ1n) is 10.4. The third-order valence-electron chi connectivity index (χ3n) is 6.74. The zero-order chi connectivity index (χ0) is 20.7. The quantitative estimate of drug-likeness (QED) is 0.785. The van der Waals surface area contributed by atoms with Crippen LogP contribution in [-0.4, -0.2) is 41.9 Å². The van der Waals surface area contributed by atoms with Gasteiger partial charge in [0.15, 0.2) is 17.3 Å². The third kappa shape index (κ3) is 3.70. The molecule has 1 aromatic rings. The minimum atomic E-state index is -0.419. The Morgan fingerprint density at radius 3 is 2.59 bits per heavy atom. The van der Waals surface area contributed by atoms with Crippen molar-refractivity contribution in [3.63, 3.8) is 0 Å². The Balaban J connectivity index is 1.49. The Bertz CT molecular complexity index is 852. The zero-order valence-electron chi connectivity index (χ0n) is 17.2. The number of amides is 2. The average molecular weight is 400 g/mol. The molecular formula is C22H28N2O5. The van der Waals surface area contributed by atoms with Gasteiger partial charge in [-0.05, 0) is 31.2 Å². The van der Waals surface area contributed by atoms with Gasteiger partial charge >= 0.3 is 0 Å². The van der Waals surface area contributed by atoms with Crippen molar-refractivity contribution >= 4 is 23.3 Å². The van der Waals surface area contributed by atoms with Crippen LogP contribution in [0.4, 0.5) is 5.69 Å². The van der Waals surface area contributed by atoms with Crippen LogP contribution < -0.4 is 14.8 Å². The number of nitrogens with zero attached hydrogens (tertiary/aromatic N) is 1. The van der Waals surface area contributed by atoms with Crippen LogP contribution in [0.1, 0.15) is 56.8 Å². The highest BCUT2D eigenvalue weighted by atomic mass is 16.7. The number of likely N-dealkylation sites (tertiary alicyclic amines) is 1. The van der Waals surface area contributed by atoms with E-state index in [9.17, 15) is 14.4 Å². The molecule has 0 bridgehead atoms. The number of ether oxygens (including phenoxy) is 2. The van der Waals surface area contributed by atoms with E-state index in [2.05, 4.69) is 19.2 Å². The predicted octanol–water partition coefficient (Wildman–Crippen LogP) is 3.23. The van der Waals surface area contributed by atoms with Crippen LogP contribution in [0.3, 0.4) is 0 Å². The van der Waals surface area contributed by atoms with Crippen LogP contribution in [0, 0.1) is 17.8 Å². The molecule has 29 heavy (non-hydrogen) atoms. The van der Waals surface area contributed by atoms with Gasteiger partial charge in [-0.1, -0.05) is 26.7 Å². The molecular weight excluding hydrogens is 372 g/mol. The Hall–Kier alpha value is -2.57. The van der Waals surface area contributed by atoms with Crippen molar-refractivity contribution in [3.05, 3.63) is 17.7 Å². The second-order valence-electron chi connectivity index (χ2n) is 8.58. The summed E-state index contributed by atoms with van der Waals surface area (Å²) in [5, 5.41) is 2.85. The van der Waals surface area contributed by atoms with Gasteiger partial charge in [-0.25, -0.2) is 0 Å². The number of nitrogens with one attached hydrogen (secondary N) is 1. The lowest BCUT2D eigenvalue weighted by atomic mass is 9.77. The van der Waals surface area contributed by atoms with E-state index in [1.807, 2.05) is 4.90 Å². The molecule has 2 amide bonds. The normalized spacial score (nSPS) is 28.5. The number of rotatable bonds is 4. The summed E-state index contributed by atoms with van der Waals surface area (Å²) in [5.74, 6) is 1.24. The van der Waals surface area contributed by atoms with Gasteiger partial charge in [-0.15, -0.1) is 0 Å². The molecule has 1 saturated carbocycles. The molecule has 2 aliphatic heterocycles. The molecule has 1 aliphatic carbocycles. The highest BCUT2D eigenvalue weighted by Gasteiger charge is 2.41. The number of benzene rings is 1. The van der Waals surface area contributed by atoms with E-state index >= 15 is 0 Å². The summed E-state index contributed by atoms with van der Waals surface area (Å²) < 4.78 is 10.7. The van der Waals surface area contributed by atoms with Crippen molar-refractivity contribution in [1.29, 1.82) is 0 Å². The molecule has 0 spiro atoms. The van der Waals surface area contributed by atoms with E-state index in [4.69, 9.17) is 9.47 Å². The zero-order valence-corrected chi connectivity index (χ0v) is 17.2. The van der Waals surface area contributed by atoms with E-state index in [0.717, 1.165) is 12.8 Å². The van der Waals surface area contributed by atoms with Gasteiger partial charge in [0.25, 0.3) is 0 Å². The molecule has 4 atom stereocenters. The van der Waals surface area contributed by atoms with Gasteiger partial charge in [-0.2, -0.15) is 0 Å². The first-order valence-corrected chi connectivity index (χ1v) is 10.4. The largest absolute Gasteiger partial charge is 0.454 e. The lowest BCUT2D eigenvalue weighted by Gasteiger charge is -2.40. The number of ketones is 1. The summed E-state index contributed by atoms with van der Waals surface area (Å²) in [6.07, 6.45) is 3.53. The second-order valence-corrected chi connectivity index (χ2v) is 8.58. The Labute approximate surface area is 170 Å². The molecule has 3 aliphatic rings. The maximum atomic E-state index is 12.9. The Morgan fingerprint density at radius 1 is 1.14 bits per heavy atom. The molecule has 2 heterocycles. The van der Waals surface area contributed by atoms with Gasteiger partial charge in [0.05, 0.1) is 11.6 Å². The van der Waals surface area contributed by atoms with Crippen LogP contribution in [0.5, 0.6) is 11.5 Å². The van der Waals surface area contributed by atoms with E-state index < -0.39 is 5.92 Å². The van der Waals surface area contributed by atoms with Crippen LogP contribution in [0.2, 0.25) is 0 Å². The number of hydrogen-bond acceptors (Lipinski definition) is 5. The predicted molar refractivity (Wildman–Crippen MR) is 107 cm³/mol. The number of fused-ring (bicyclic) bond motifs is 1. The fraction of sp³-hybridized carbons (Fsp3) is 0.591. The topological polar surface area (TPSA) is 84.9 Å². The number of carbonyl (C=O) groups excluding carboxylic acids is 3. The van der Waals surface area contributed by atoms with E-state index in [1.165, 1.54) is 13.3 Å². The maximum Gasteiger partial charge on any atom is 0.231 e. The van der Waals surface area contributed by atoms with Crippen molar-refractivity contribution in [2.24, 2.45) is 17.8 Å². The summed E-state index contributed by atoms with van der Waals surface area (Å²) >= 11 is 0. The average Bonchev–Trinajstić information content (AvgIpc) is 3.29. The first-order chi connectivity index (χ1) is 13.8. The fourth-order valence-electron chi connectivity index (χ4n) is 4.79. The molecule has 2 fully saturated rings. The number of anilines is 1. The van der Waals surface area contributed by atoms with E-state index in [0.29, 0.717) is 41.1 Å². The standard InChI is InChI=1S/C22H28N2O5/c1-12-5-4-6-18(13(12)2)24-10-15(7-21(24)26)22(27)23-17-9-20-19(28-11-29-20)8-16(17)14(3)25/h8-9,12-13,15,18H,4-7,10-11H2,1-3H3,(H,23,27)/t12-,13+,15-,18-/m1/s1. The van der Waals surface area contributed by atoms with Gasteiger partial charge in [-0.3, -0.25) is 14.4 Å². The summed E-state index contributed by atoms with van der Waals surface area (Å²) in [7, 11) is 0. The molecule has 1 N–H and O–H groups in total. The highest BCUT2D eigenvalue weighted by Crippen LogP contribution is 2.38. The number of hydrogen-bond donors (Lipinski definition) is 1. The minimum absolute atomic E-state index is 0.0496. The van der Waals surface area contributed by atoms with E-state index in [-0.39, 0.29) is 36.9 Å². The van der Waals surface area contributed by atoms with Gasteiger partial charge in [0.2, 0.25) is 18.6 Å². The molecule has 0 unspecified atom stereocenters. The van der Waals surface area contributed by atoms with Crippen molar-refractivity contribution in [1.82, 2.24) is 4.90 Å². The summed E-state index contributed by atoms with van der Waals surface area (Å²) in [4.78, 5) is 39.6. The maximum absolute atomic E-state index is 12.9. The first kappa shape index (κ1) is 19.7. The van der Waals surface area contributed by atoms with E-state index in [1.54, 1.807) is 12.1 Å². The molecule has 4 rings (SSSR count). The fourth-order valence-corrected chi connectivity index (χ4v) is 4.79. The summed E-state index contributed by atoms with van der Waals surface area (Å²) in [5.41, 5.74) is 0.774. The smallest absolute Gasteiger partial charge is 0.231 e. The molecule has 156 valence electrons. The minimum Gasteiger partial charge on any atom is -0.454 e. The molecule has 1 aromatic carbocycles. The van der Waals surface area contributed by atoms with Crippen LogP contribution in [0.25, 0.3) is 0 Å². The van der Waals surface area contributed by atoms with Crippen LogP contribution in [0.15, 0.2) is 12.1 Å². The lowest BCUT2D eigenvalue weighted by molar-refractivity contribution is -0.131. The van der Waals surface area contributed by atoms with Gasteiger partial charge in [0, 0.05) is 30.6 Å². The van der Waals surface area contributed by atoms with Gasteiger partial charge < -0.3 is 19.7 Å². The molecule has 0 aromatic heterocycles. The van der Waals surface area contributed by atoms with Crippen molar-refractivity contribution in [2.75, 3.05) is 18.7 Å². The number of carbonyl (C=O) groups is 3. The molecule has 7 heteroatoms. The summed E-state index contributed by atoms with van der Waals surface area (Å²) in [6, 6.07) is 3.43. The molecule has 1 saturated heterocycles. The molecule has 7 nitrogen and oxygen atoms in total. The van der Waals surface area contributed by atoms with Crippen molar-refractivity contribution < 1.29 is 23.9 Å². The highest BCUT2D eigenvalue weighted by molar-refractivity contribution is 6.06. The third-order valence-corrected chi connectivity index (χ3v) is 6.74. The molecule has 0 radical (unpaired) electrons. The Kier molecular flexibility index (Phi) is 5.23.